The first kappa shape index (κ1) is 12.3. The normalized spacial score (nSPS) is 10.2. The van der Waals surface area contributed by atoms with E-state index in [0.717, 1.165) is 10.2 Å². The Bertz CT molecular complexity index is 516. The lowest BCUT2D eigenvalue weighted by molar-refractivity contribution is 0.0925. The Balaban J connectivity index is 1.97. The van der Waals surface area contributed by atoms with Crippen LogP contribution in [0.1, 0.15) is 15.2 Å². The average Bonchev–Trinajstić information content (AvgIpc) is 2.74. The standard InChI is InChI=1S/C13H11BrO2S/c1-9-2-4-10(5-3-9)16-8-12(15)13-11(14)6-7-17-13/h2-7H,8H2,1H3. The van der Waals surface area contributed by atoms with Crippen molar-refractivity contribution in [3.8, 4) is 5.75 Å². The summed E-state index contributed by atoms with van der Waals surface area (Å²) in [6.45, 7) is 2.08. The fourth-order valence-corrected chi connectivity index (χ4v) is 2.86. The van der Waals surface area contributed by atoms with Crippen molar-refractivity contribution in [2.45, 2.75) is 6.92 Å². The van der Waals surface area contributed by atoms with Crippen molar-refractivity contribution in [1.29, 1.82) is 0 Å². The molecule has 2 nitrogen and oxygen atoms in total. The maximum absolute atomic E-state index is 11.8. The van der Waals surface area contributed by atoms with E-state index in [-0.39, 0.29) is 12.4 Å². The van der Waals surface area contributed by atoms with Crippen molar-refractivity contribution in [3.05, 3.63) is 50.6 Å². The molecule has 0 radical (unpaired) electrons. The molecule has 0 aliphatic carbocycles. The molecule has 0 fully saturated rings. The summed E-state index contributed by atoms with van der Waals surface area (Å²) in [5, 5.41) is 1.88. The third kappa shape index (κ3) is 3.17. The Morgan fingerprint density at radius 1 is 1.29 bits per heavy atom. The van der Waals surface area contributed by atoms with Crippen LogP contribution in [0.4, 0.5) is 0 Å². The zero-order valence-corrected chi connectivity index (χ0v) is 11.7. The van der Waals surface area contributed by atoms with Crippen LogP contribution in [-0.4, -0.2) is 12.4 Å². The second-order valence-electron chi connectivity index (χ2n) is 3.62. The topological polar surface area (TPSA) is 26.3 Å². The summed E-state index contributed by atoms with van der Waals surface area (Å²) in [5.41, 5.74) is 1.17. The number of carbonyl (C=O) groups excluding carboxylic acids is 1. The molecule has 0 spiro atoms. The summed E-state index contributed by atoms with van der Waals surface area (Å²) < 4.78 is 6.27. The van der Waals surface area contributed by atoms with Crippen molar-refractivity contribution in [2.75, 3.05) is 6.61 Å². The van der Waals surface area contributed by atoms with Gasteiger partial charge in [0.1, 0.15) is 5.75 Å². The molecule has 1 aromatic carbocycles. The fourth-order valence-electron chi connectivity index (χ4n) is 1.34. The van der Waals surface area contributed by atoms with Crippen LogP contribution in [-0.2, 0) is 0 Å². The van der Waals surface area contributed by atoms with Gasteiger partial charge >= 0.3 is 0 Å². The summed E-state index contributed by atoms with van der Waals surface area (Å²) in [4.78, 5) is 12.5. The zero-order valence-electron chi connectivity index (χ0n) is 9.27. The molecule has 0 bridgehead atoms. The van der Waals surface area contributed by atoms with Gasteiger partial charge in [0.25, 0.3) is 0 Å². The lowest BCUT2D eigenvalue weighted by atomic mass is 10.2. The van der Waals surface area contributed by atoms with E-state index in [2.05, 4.69) is 15.9 Å². The van der Waals surface area contributed by atoms with Gasteiger partial charge in [-0.1, -0.05) is 17.7 Å². The number of carbonyl (C=O) groups is 1. The molecule has 0 amide bonds. The van der Waals surface area contributed by atoms with E-state index < -0.39 is 0 Å². The van der Waals surface area contributed by atoms with Crippen LogP contribution in [0.5, 0.6) is 5.75 Å². The van der Waals surface area contributed by atoms with Crippen molar-refractivity contribution in [3.63, 3.8) is 0 Å². The first-order valence-electron chi connectivity index (χ1n) is 5.12. The van der Waals surface area contributed by atoms with Gasteiger partial charge in [-0.15, -0.1) is 11.3 Å². The molecule has 2 aromatic rings. The van der Waals surface area contributed by atoms with Crippen LogP contribution < -0.4 is 4.74 Å². The van der Waals surface area contributed by atoms with Gasteiger partial charge in [-0.2, -0.15) is 0 Å². The highest BCUT2D eigenvalue weighted by atomic mass is 79.9. The van der Waals surface area contributed by atoms with Crippen LogP contribution in [0.3, 0.4) is 0 Å². The van der Waals surface area contributed by atoms with Gasteiger partial charge < -0.3 is 4.74 Å². The van der Waals surface area contributed by atoms with E-state index in [1.807, 2.05) is 42.6 Å². The van der Waals surface area contributed by atoms with E-state index in [0.29, 0.717) is 4.88 Å². The Labute approximate surface area is 112 Å². The maximum Gasteiger partial charge on any atom is 0.211 e. The molecule has 0 aliphatic rings. The zero-order chi connectivity index (χ0) is 12.3. The van der Waals surface area contributed by atoms with E-state index in [4.69, 9.17) is 4.74 Å². The van der Waals surface area contributed by atoms with Gasteiger partial charge in [0, 0.05) is 4.47 Å². The number of rotatable bonds is 4. The van der Waals surface area contributed by atoms with Gasteiger partial charge in [-0.05, 0) is 46.4 Å². The average molecular weight is 311 g/mol. The van der Waals surface area contributed by atoms with E-state index in [1.165, 1.54) is 16.9 Å². The van der Waals surface area contributed by atoms with Gasteiger partial charge in [0.05, 0.1) is 4.88 Å². The van der Waals surface area contributed by atoms with Crippen molar-refractivity contribution in [2.24, 2.45) is 0 Å². The third-order valence-electron chi connectivity index (χ3n) is 2.26. The van der Waals surface area contributed by atoms with Crippen molar-refractivity contribution < 1.29 is 9.53 Å². The molecular formula is C13H11BrO2S. The van der Waals surface area contributed by atoms with Crippen molar-refractivity contribution >= 4 is 33.0 Å². The molecule has 0 saturated carbocycles. The highest BCUT2D eigenvalue weighted by Gasteiger charge is 2.12. The summed E-state index contributed by atoms with van der Waals surface area (Å²) >= 11 is 4.76. The molecule has 2 rings (SSSR count). The fraction of sp³-hybridized carbons (Fsp3) is 0.154. The van der Waals surface area contributed by atoms with E-state index in [1.54, 1.807) is 0 Å². The first-order chi connectivity index (χ1) is 8.16. The smallest absolute Gasteiger partial charge is 0.211 e. The molecule has 0 atom stereocenters. The minimum atomic E-state index is -0.00699. The number of ether oxygens (including phenoxy) is 1. The predicted octanol–water partition coefficient (Wildman–Crippen LogP) is 4.08. The van der Waals surface area contributed by atoms with Crippen LogP contribution in [0.15, 0.2) is 40.2 Å². The van der Waals surface area contributed by atoms with Gasteiger partial charge in [-0.25, -0.2) is 0 Å². The Morgan fingerprint density at radius 2 is 2.00 bits per heavy atom. The minimum absolute atomic E-state index is 0.00699. The van der Waals surface area contributed by atoms with E-state index in [9.17, 15) is 4.79 Å². The van der Waals surface area contributed by atoms with Gasteiger partial charge in [-0.3, -0.25) is 4.79 Å². The largest absolute Gasteiger partial charge is 0.485 e. The van der Waals surface area contributed by atoms with Gasteiger partial charge in [0.15, 0.2) is 6.61 Å². The Morgan fingerprint density at radius 3 is 2.59 bits per heavy atom. The number of thiophene rings is 1. The second-order valence-corrected chi connectivity index (χ2v) is 5.39. The van der Waals surface area contributed by atoms with Crippen molar-refractivity contribution in [1.82, 2.24) is 0 Å². The summed E-state index contributed by atoms with van der Waals surface area (Å²) in [5.74, 6) is 0.712. The summed E-state index contributed by atoms with van der Waals surface area (Å²) in [7, 11) is 0. The first-order valence-corrected chi connectivity index (χ1v) is 6.80. The molecule has 0 aliphatic heterocycles. The molecule has 1 aromatic heterocycles. The number of hydrogen-bond donors (Lipinski definition) is 0. The number of aryl methyl sites for hydroxylation is 1. The van der Waals surface area contributed by atoms with E-state index >= 15 is 0 Å². The molecule has 0 N–H and O–H groups in total. The highest BCUT2D eigenvalue weighted by molar-refractivity contribution is 9.10. The van der Waals surface area contributed by atoms with Crippen LogP contribution in [0.2, 0.25) is 0 Å². The number of ketones is 1. The lowest BCUT2D eigenvalue weighted by Gasteiger charge is -2.05. The van der Waals surface area contributed by atoms with Gasteiger partial charge in [0.2, 0.25) is 5.78 Å². The minimum Gasteiger partial charge on any atom is -0.485 e. The highest BCUT2D eigenvalue weighted by Crippen LogP contribution is 2.23. The molecule has 4 heteroatoms. The number of hydrogen-bond acceptors (Lipinski definition) is 3. The summed E-state index contributed by atoms with van der Waals surface area (Å²) in [6.07, 6.45) is 0. The number of Topliss-reactive ketones (excluding diaryl/α,β-unsaturated/α-hetero) is 1. The Hall–Kier alpha value is -1.13. The third-order valence-corrected chi connectivity index (χ3v) is 4.14. The maximum atomic E-state index is 11.8. The quantitative estimate of drug-likeness (QED) is 0.795. The lowest BCUT2D eigenvalue weighted by Crippen LogP contribution is -2.10. The molecule has 17 heavy (non-hydrogen) atoms. The van der Waals surface area contributed by atoms with Crippen LogP contribution in [0, 0.1) is 6.92 Å². The van der Waals surface area contributed by atoms with Crippen LogP contribution >= 0.6 is 27.3 Å². The monoisotopic (exact) mass is 310 g/mol. The molecule has 0 saturated heterocycles. The molecule has 0 unspecified atom stereocenters. The molecular weight excluding hydrogens is 300 g/mol. The Kier molecular flexibility index (Phi) is 3.97. The second kappa shape index (κ2) is 5.47. The molecule has 1 heterocycles. The van der Waals surface area contributed by atoms with Crippen LogP contribution in [0.25, 0.3) is 0 Å². The number of benzene rings is 1. The SMILES string of the molecule is Cc1ccc(OCC(=O)c2sccc2Br)cc1. The number of halogens is 1. The molecule has 88 valence electrons. The predicted molar refractivity (Wildman–Crippen MR) is 73.0 cm³/mol. The summed E-state index contributed by atoms with van der Waals surface area (Å²) in [6, 6.07) is 9.52.